The van der Waals surface area contributed by atoms with Crippen LogP contribution in [0, 0.1) is 5.92 Å². The molecule has 0 spiro atoms. The number of hydrogen-bond acceptors (Lipinski definition) is 2. The smallest absolute Gasteiger partial charge is 0.242 e. The third-order valence-corrected chi connectivity index (χ3v) is 4.48. The fraction of sp³-hybridized carbons (Fsp3) is 0.923. The van der Waals surface area contributed by atoms with Gasteiger partial charge in [-0.05, 0) is 44.9 Å². The van der Waals surface area contributed by atoms with Crippen LogP contribution in [0.4, 0.5) is 0 Å². The topological polar surface area (TPSA) is 46.3 Å². The van der Waals surface area contributed by atoms with E-state index in [9.17, 15) is 4.79 Å². The Morgan fingerprint density at radius 3 is 2.75 bits per heavy atom. The van der Waals surface area contributed by atoms with Crippen molar-refractivity contribution in [1.82, 2.24) is 4.90 Å². The van der Waals surface area contributed by atoms with E-state index in [4.69, 9.17) is 5.73 Å². The number of piperidine rings is 1. The van der Waals surface area contributed by atoms with Crippen LogP contribution in [-0.4, -0.2) is 28.9 Å². The number of hydrogen-bond donors (Lipinski definition) is 1. The van der Waals surface area contributed by atoms with Gasteiger partial charge in [-0.25, -0.2) is 0 Å². The number of carbonyl (C=O) groups excluding carboxylic acids is 1. The molecule has 1 heterocycles. The van der Waals surface area contributed by atoms with Gasteiger partial charge in [-0.2, -0.15) is 0 Å². The van der Waals surface area contributed by atoms with Crippen molar-refractivity contribution in [2.75, 3.05) is 6.54 Å². The van der Waals surface area contributed by atoms with Crippen molar-refractivity contribution in [2.45, 2.75) is 64.0 Å². The second-order valence-electron chi connectivity index (χ2n) is 5.67. The van der Waals surface area contributed by atoms with Crippen LogP contribution in [0.1, 0.15) is 52.4 Å². The molecule has 1 amide bonds. The molecule has 92 valence electrons. The molecule has 1 saturated carbocycles. The predicted octanol–water partition coefficient (Wildman–Crippen LogP) is 1.90. The average molecular weight is 224 g/mol. The van der Waals surface area contributed by atoms with Crippen molar-refractivity contribution < 1.29 is 4.79 Å². The van der Waals surface area contributed by atoms with E-state index in [2.05, 4.69) is 4.90 Å². The molecule has 16 heavy (non-hydrogen) atoms. The molecule has 1 aliphatic carbocycles. The van der Waals surface area contributed by atoms with Crippen molar-refractivity contribution >= 4 is 5.91 Å². The van der Waals surface area contributed by atoms with Crippen molar-refractivity contribution in [2.24, 2.45) is 11.7 Å². The molecule has 0 aromatic carbocycles. The Hall–Kier alpha value is -0.570. The van der Waals surface area contributed by atoms with E-state index in [0.717, 1.165) is 25.3 Å². The third-order valence-electron chi connectivity index (χ3n) is 4.48. The van der Waals surface area contributed by atoms with E-state index < -0.39 is 5.54 Å². The molecule has 0 aromatic heterocycles. The molecule has 0 aromatic rings. The molecular weight excluding hydrogens is 200 g/mol. The number of fused-ring (bicyclic) bond motifs is 1. The number of rotatable bonds is 2. The van der Waals surface area contributed by atoms with Crippen LogP contribution in [0.15, 0.2) is 0 Å². The fourth-order valence-corrected chi connectivity index (χ4v) is 3.19. The molecule has 2 aliphatic rings. The fourth-order valence-electron chi connectivity index (χ4n) is 3.19. The Labute approximate surface area is 98.4 Å². The summed E-state index contributed by atoms with van der Waals surface area (Å²) in [6.07, 6.45) is 6.97. The summed E-state index contributed by atoms with van der Waals surface area (Å²) in [5.74, 6) is 0.928. The average Bonchev–Trinajstić information content (AvgIpc) is 2.75. The lowest BCUT2D eigenvalue weighted by molar-refractivity contribution is -0.141. The highest BCUT2D eigenvalue weighted by atomic mass is 16.2. The molecule has 3 unspecified atom stereocenters. The number of likely N-dealkylation sites (tertiary alicyclic amines) is 1. The summed E-state index contributed by atoms with van der Waals surface area (Å²) < 4.78 is 0. The van der Waals surface area contributed by atoms with Gasteiger partial charge in [0.05, 0.1) is 5.54 Å². The van der Waals surface area contributed by atoms with Crippen molar-refractivity contribution in [3.8, 4) is 0 Å². The Balaban J connectivity index is 2.11. The zero-order valence-corrected chi connectivity index (χ0v) is 10.5. The van der Waals surface area contributed by atoms with Gasteiger partial charge in [0.25, 0.3) is 0 Å². The summed E-state index contributed by atoms with van der Waals surface area (Å²) in [6, 6.07) is 0.496. The summed E-state index contributed by atoms with van der Waals surface area (Å²) in [5, 5.41) is 0. The first-order chi connectivity index (χ1) is 7.56. The molecule has 0 bridgehead atoms. The first-order valence-electron chi connectivity index (χ1n) is 6.66. The number of carbonyl (C=O) groups is 1. The van der Waals surface area contributed by atoms with E-state index in [1.807, 2.05) is 13.8 Å². The van der Waals surface area contributed by atoms with Crippen molar-refractivity contribution in [1.29, 1.82) is 0 Å². The molecule has 3 nitrogen and oxygen atoms in total. The second kappa shape index (κ2) is 4.36. The van der Waals surface area contributed by atoms with Gasteiger partial charge in [0.2, 0.25) is 5.91 Å². The highest BCUT2D eigenvalue weighted by Crippen LogP contribution is 2.37. The normalized spacial score (nSPS) is 33.3. The summed E-state index contributed by atoms with van der Waals surface area (Å²) in [7, 11) is 0. The molecule has 1 aliphatic heterocycles. The second-order valence-corrected chi connectivity index (χ2v) is 5.67. The minimum atomic E-state index is -0.662. The van der Waals surface area contributed by atoms with Gasteiger partial charge in [0.15, 0.2) is 0 Å². The lowest BCUT2D eigenvalue weighted by Gasteiger charge is -2.41. The molecule has 0 radical (unpaired) electrons. The Morgan fingerprint density at radius 2 is 2.06 bits per heavy atom. The lowest BCUT2D eigenvalue weighted by atomic mass is 9.89. The monoisotopic (exact) mass is 224 g/mol. The quantitative estimate of drug-likeness (QED) is 0.778. The van der Waals surface area contributed by atoms with Crippen LogP contribution in [0.2, 0.25) is 0 Å². The van der Waals surface area contributed by atoms with Crippen molar-refractivity contribution in [3.63, 3.8) is 0 Å². The summed E-state index contributed by atoms with van der Waals surface area (Å²) in [4.78, 5) is 14.5. The van der Waals surface area contributed by atoms with E-state index in [-0.39, 0.29) is 5.91 Å². The highest BCUT2D eigenvalue weighted by Gasteiger charge is 2.41. The molecule has 3 heteroatoms. The summed E-state index contributed by atoms with van der Waals surface area (Å²) in [5.41, 5.74) is 5.42. The maximum atomic E-state index is 12.4. The van der Waals surface area contributed by atoms with Gasteiger partial charge in [-0.15, -0.1) is 0 Å². The Kier molecular flexibility index (Phi) is 3.24. The van der Waals surface area contributed by atoms with Gasteiger partial charge in [-0.3, -0.25) is 4.79 Å². The minimum Gasteiger partial charge on any atom is -0.338 e. The molecular formula is C13H24N2O. The van der Waals surface area contributed by atoms with Gasteiger partial charge in [0.1, 0.15) is 0 Å². The first kappa shape index (κ1) is 11.9. The van der Waals surface area contributed by atoms with E-state index in [1.165, 1.54) is 25.7 Å². The number of nitrogens with two attached hydrogens (primary N) is 1. The third kappa shape index (κ3) is 1.97. The van der Waals surface area contributed by atoms with Crippen molar-refractivity contribution in [3.05, 3.63) is 0 Å². The zero-order valence-electron chi connectivity index (χ0n) is 10.5. The van der Waals surface area contributed by atoms with Crippen LogP contribution in [-0.2, 0) is 4.79 Å². The van der Waals surface area contributed by atoms with E-state index in [1.54, 1.807) is 0 Å². The maximum absolute atomic E-state index is 12.4. The molecule has 2 N–H and O–H groups in total. The van der Waals surface area contributed by atoms with Gasteiger partial charge >= 0.3 is 0 Å². The van der Waals surface area contributed by atoms with Crippen LogP contribution >= 0.6 is 0 Å². The number of amides is 1. The molecule has 1 saturated heterocycles. The van der Waals surface area contributed by atoms with Gasteiger partial charge < -0.3 is 10.6 Å². The van der Waals surface area contributed by atoms with Crippen LogP contribution < -0.4 is 5.73 Å². The maximum Gasteiger partial charge on any atom is 0.242 e. The lowest BCUT2D eigenvalue weighted by Crippen LogP contribution is -2.57. The number of nitrogens with zero attached hydrogens (tertiary/aromatic N) is 1. The van der Waals surface area contributed by atoms with Gasteiger partial charge in [-0.1, -0.05) is 13.3 Å². The largest absolute Gasteiger partial charge is 0.338 e. The molecule has 2 fully saturated rings. The van der Waals surface area contributed by atoms with Gasteiger partial charge in [0, 0.05) is 12.6 Å². The Bertz CT molecular complexity index is 275. The minimum absolute atomic E-state index is 0.173. The summed E-state index contributed by atoms with van der Waals surface area (Å²) in [6.45, 7) is 4.79. The standard InChI is InChI=1S/C13H24N2O/c1-3-13(2,14)12(16)15-9-5-7-10-6-4-8-11(10)15/h10-11H,3-9,14H2,1-2H3. The predicted molar refractivity (Wildman–Crippen MR) is 65.0 cm³/mol. The van der Waals surface area contributed by atoms with Crippen LogP contribution in [0.5, 0.6) is 0 Å². The summed E-state index contributed by atoms with van der Waals surface area (Å²) >= 11 is 0. The van der Waals surface area contributed by atoms with Crippen LogP contribution in [0.3, 0.4) is 0 Å². The SMILES string of the molecule is CCC(C)(N)C(=O)N1CCCC2CCCC21. The zero-order chi connectivity index (χ0) is 11.8. The molecule has 3 atom stereocenters. The van der Waals surface area contributed by atoms with Crippen LogP contribution in [0.25, 0.3) is 0 Å². The molecule has 2 rings (SSSR count). The Morgan fingerprint density at radius 1 is 1.38 bits per heavy atom. The highest BCUT2D eigenvalue weighted by molar-refractivity contribution is 5.86. The van der Waals surface area contributed by atoms with E-state index in [0.29, 0.717) is 6.04 Å². The first-order valence-corrected chi connectivity index (χ1v) is 6.66. The van der Waals surface area contributed by atoms with E-state index >= 15 is 0 Å².